The lowest BCUT2D eigenvalue weighted by Gasteiger charge is -2.19. The molecule has 0 amide bonds. The second-order valence-electron chi connectivity index (χ2n) is 15.9. The summed E-state index contributed by atoms with van der Waals surface area (Å²) in [5.41, 5.74) is 18.5. The molecule has 0 saturated carbocycles. The number of allylic oxidation sites excluding steroid dienone is 2. The largest absolute Gasteiger partial charge is 0.228 e. The molecule has 1 heterocycles. The number of benzene rings is 9. The Morgan fingerprint density at radius 2 is 0.778 bits per heavy atom. The zero-order chi connectivity index (χ0) is 42.5. The van der Waals surface area contributed by atoms with Crippen LogP contribution < -0.4 is 0 Å². The Bertz CT molecular complexity index is 3170. The zero-order valence-electron chi connectivity index (χ0n) is 35.1. The maximum atomic E-state index is 5.13. The third kappa shape index (κ3) is 8.19. The van der Waals surface area contributed by atoms with Crippen LogP contribution in [0.3, 0.4) is 0 Å². The monoisotopic (exact) mass is 804 g/mol. The second-order valence-corrected chi connectivity index (χ2v) is 15.9. The highest BCUT2D eigenvalue weighted by Crippen LogP contribution is 2.40. The quantitative estimate of drug-likeness (QED) is 0.129. The van der Waals surface area contributed by atoms with Crippen molar-refractivity contribution >= 4 is 21.9 Å². The van der Waals surface area contributed by atoms with Crippen LogP contribution in [0.5, 0.6) is 0 Å². The van der Waals surface area contributed by atoms with Crippen LogP contribution in [0.25, 0.3) is 89.2 Å². The second kappa shape index (κ2) is 17.4. The average molecular weight is 805 g/mol. The summed E-state index contributed by atoms with van der Waals surface area (Å²) < 4.78 is 0. The van der Waals surface area contributed by atoms with E-state index in [1.165, 1.54) is 49.7 Å². The highest BCUT2D eigenvalue weighted by molar-refractivity contribution is 6.04. The minimum absolute atomic E-state index is 0.679. The summed E-state index contributed by atoms with van der Waals surface area (Å²) in [5, 5.41) is 2.44. The van der Waals surface area contributed by atoms with Crippen LogP contribution in [0.4, 0.5) is 0 Å². The first-order valence-corrected chi connectivity index (χ1v) is 21.4. The van der Waals surface area contributed by atoms with Gasteiger partial charge < -0.3 is 0 Å². The lowest BCUT2D eigenvalue weighted by Crippen LogP contribution is -1.98. The van der Waals surface area contributed by atoms with Gasteiger partial charge in [0.25, 0.3) is 0 Å². The normalized spacial score (nSPS) is 11.4. The van der Waals surface area contributed by atoms with Crippen molar-refractivity contribution in [3.63, 3.8) is 0 Å². The molecule has 0 fully saturated rings. The number of aryl methyl sites for hydroxylation is 1. The van der Waals surface area contributed by atoms with E-state index < -0.39 is 0 Å². The van der Waals surface area contributed by atoms with Gasteiger partial charge in [0.15, 0.2) is 5.82 Å². The summed E-state index contributed by atoms with van der Waals surface area (Å²) in [6.45, 7) is 6.92. The predicted octanol–water partition coefficient (Wildman–Crippen LogP) is 16.1. The van der Waals surface area contributed by atoms with Gasteiger partial charge in [-0.1, -0.05) is 225 Å². The van der Waals surface area contributed by atoms with Gasteiger partial charge >= 0.3 is 0 Å². The van der Waals surface area contributed by atoms with Crippen molar-refractivity contribution in [2.24, 2.45) is 0 Å². The lowest BCUT2D eigenvalue weighted by molar-refractivity contribution is 1.18. The Kier molecular flexibility index (Phi) is 10.8. The van der Waals surface area contributed by atoms with Crippen molar-refractivity contribution in [2.45, 2.75) is 6.92 Å². The molecule has 0 aliphatic carbocycles. The Morgan fingerprint density at radius 3 is 1.30 bits per heavy atom. The summed E-state index contributed by atoms with van der Waals surface area (Å²) in [4.78, 5) is 10.3. The van der Waals surface area contributed by atoms with Crippen LogP contribution >= 0.6 is 0 Å². The predicted molar refractivity (Wildman–Crippen MR) is 266 cm³/mol. The minimum Gasteiger partial charge on any atom is -0.228 e. The van der Waals surface area contributed by atoms with E-state index in [1.807, 2.05) is 36.4 Å². The smallest absolute Gasteiger partial charge is 0.160 e. The third-order valence-corrected chi connectivity index (χ3v) is 11.9. The molecule has 0 spiro atoms. The van der Waals surface area contributed by atoms with Crippen molar-refractivity contribution in [3.05, 3.63) is 265 Å². The summed E-state index contributed by atoms with van der Waals surface area (Å²) >= 11 is 0. The molecule has 0 radical (unpaired) electrons. The molecule has 10 aromatic rings. The first kappa shape index (κ1) is 39.0. The molecule has 0 unspecified atom stereocenters. The van der Waals surface area contributed by atoms with E-state index in [2.05, 4.69) is 214 Å². The van der Waals surface area contributed by atoms with E-state index in [-0.39, 0.29) is 0 Å². The van der Waals surface area contributed by atoms with Gasteiger partial charge in [0.05, 0.1) is 11.4 Å². The van der Waals surface area contributed by atoms with E-state index >= 15 is 0 Å². The minimum atomic E-state index is 0.679. The molecule has 2 nitrogen and oxygen atoms in total. The van der Waals surface area contributed by atoms with E-state index in [1.54, 1.807) is 0 Å². The van der Waals surface area contributed by atoms with Crippen molar-refractivity contribution in [1.29, 1.82) is 0 Å². The maximum Gasteiger partial charge on any atom is 0.160 e. The average Bonchev–Trinajstić information content (AvgIpc) is 3.37. The number of hydrogen-bond donors (Lipinski definition) is 0. The van der Waals surface area contributed by atoms with Gasteiger partial charge in [0.2, 0.25) is 0 Å². The van der Waals surface area contributed by atoms with E-state index in [0.717, 1.165) is 55.9 Å². The first-order valence-electron chi connectivity index (χ1n) is 21.4. The molecule has 63 heavy (non-hydrogen) atoms. The molecule has 2 heteroatoms. The van der Waals surface area contributed by atoms with Crippen molar-refractivity contribution in [2.75, 3.05) is 0 Å². The van der Waals surface area contributed by atoms with Gasteiger partial charge in [-0.25, -0.2) is 9.97 Å². The fourth-order valence-corrected chi connectivity index (χ4v) is 8.48. The molecular formula is C61H44N2. The number of rotatable bonds is 10. The Labute approximate surface area is 369 Å². The number of fused-ring (bicyclic) bond motifs is 1. The molecular weight excluding hydrogens is 761 g/mol. The van der Waals surface area contributed by atoms with Crippen LogP contribution in [0.15, 0.2) is 243 Å². The van der Waals surface area contributed by atoms with Gasteiger partial charge in [-0.05, 0) is 103 Å². The van der Waals surface area contributed by atoms with Crippen LogP contribution in [0, 0.1) is 6.92 Å². The molecule has 9 aromatic carbocycles. The fourth-order valence-electron chi connectivity index (χ4n) is 8.48. The van der Waals surface area contributed by atoms with E-state index in [0.29, 0.717) is 5.82 Å². The van der Waals surface area contributed by atoms with E-state index in [4.69, 9.17) is 9.97 Å². The Balaban J connectivity index is 1.10. The van der Waals surface area contributed by atoms with Crippen LogP contribution in [0.1, 0.15) is 22.3 Å². The van der Waals surface area contributed by atoms with Crippen molar-refractivity contribution in [1.82, 2.24) is 9.97 Å². The van der Waals surface area contributed by atoms with Gasteiger partial charge in [-0.2, -0.15) is 0 Å². The lowest BCUT2D eigenvalue weighted by atomic mass is 9.85. The highest BCUT2D eigenvalue weighted by Gasteiger charge is 2.18. The summed E-state index contributed by atoms with van der Waals surface area (Å²) in [5.74, 6) is 0.679. The van der Waals surface area contributed by atoms with Gasteiger partial charge in [-0.3, -0.25) is 0 Å². The molecule has 0 aliphatic rings. The standard InChI is InChI=1S/C61H44N2/c1-42(44-27-29-47(30-28-44)45-17-7-3-8-18-45)39-57(56-40-58(55-26-16-15-25-54(55)43(56)2)50-33-31-48(32-34-50)46-19-9-4-10-20-46)49-35-37-53(38-36-49)61-62-59(51-21-11-5-12-22-51)41-60(63-61)52-23-13-6-14-24-52/h3-41H,1H2,2H3/b57-39-. The summed E-state index contributed by atoms with van der Waals surface area (Å²) in [6, 6.07) is 81.3. The van der Waals surface area contributed by atoms with E-state index in [9.17, 15) is 0 Å². The summed E-state index contributed by atoms with van der Waals surface area (Å²) in [6.07, 6.45) is 2.26. The fraction of sp³-hybridized carbons (Fsp3) is 0.0164. The number of aromatic nitrogens is 2. The topological polar surface area (TPSA) is 25.8 Å². The number of nitrogens with zero attached hydrogens (tertiary/aromatic N) is 2. The first-order chi connectivity index (χ1) is 31.1. The van der Waals surface area contributed by atoms with Crippen molar-refractivity contribution < 1.29 is 0 Å². The van der Waals surface area contributed by atoms with Crippen molar-refractivity contribution in [3.8, 4) is 67.3 Å². The van der Waals surface area contributed by atoms with Gasteiger partial charge in [0.1, 0.15) is 0 Å². The zero-order valence-corrected chi connectivity index (χ0v) is 35.1. The SMILES string of the molecule is C=C(/C=C(/c1ccc(-c2nc(-c3ccccc3)cc(-c3ccccc3)n2)cc1)c1cc(-c2ccc(-c3ccccc3)cc2)c2ccccc2c1C)c1ccc(-c2ccccc2)cc1. The highest BCUT2D eigenvalue weighted by atomic mass is 14.9. The molecule has 10 rings (SSSR count). The van der Waals surface area contributed by atoms with Crippen LogP contribution in [-0.4, -0.2) is 9.97 Å². The Hall–Kier alpha value is -8.20. The van der Waals surface area contributed by atoms with Crippen LogP contribution in [0.2, 0.25) is 0 Å². The molecule has 0 aliphatic heterocycles. The molecule has 0 atom stereocenters. The van der Waals surface area contributed by atoms with Gasteiger partial charge in [0, 0.05) is 16.7 Å². The van der Waals surface area contributed by atoms with Gasteiger partial charge in [-0.15, -0.1) is 0 Å². The molecule has 1 aromatic heterocycles. The molecule has 298 valence electrons. The third-order valence-electron chi connectivity index (χ3n) is 11.9. The molecule has 0 N–H and O–H groups in total. The van der Waals surface area contributed by atoms with Crippen LogP contribution in [-0.2, 0) is 0 Å². The number of hydrogen-bond acceptors (Lipinski definition) is 2. The maximum absolute atomic E-state index is 5.13. The summed E-state index contributed by atoms with van der Waals surface area (Å²) in [7, 11) is 0. The molecule has 0 bridgehead atoms. The Morgan fingerprint density at radius 1 is 0.381 bits per heavy atom. The molecule has 0 saturated heterocycles.